The van der Waals surface area contributed by atoms with E-state index in [1.54, 1.807) is 7.05 Å². The monoisotopic (exact) mass is 223 g/mol. The van der Waals surface area contributed by atoms with Gasteiger partial charge in [-0.2, -0.15) is 0 Å². The highest BCUT2D eigenvalue weighted by Gasteiger charge is 2.07. The largest absolute Gasteiger partial charge is 0.498 e. The van der Waals surface area contributed by atoms with E-state index in [0.29, 0.717) is 5.56 Å². The Hall–Kier alpha value is -2.04. The minimum atomic E-state index is -0.483. The van der Waals surface area contributed by atoms with Gasteiger partial charge in [-0.25, -0.2) is 4.79 Å². The van der Waals surface area contributed by atoms with Crippen LogP contribution in [0, 0.1) is 0 Å². The third kappa shape index (κ3) is 3.27. The highest BCUT2D eigenvalue weighted by Crippen LogP contribution is 1.98. The summed E-state index contributed by atoms with van der Waals surface area (Å²) in [5.41, 5.74) is 0.159. The maximum Gasteiger partial charge on any atom is 0.339 e. The number of pyridine rings is 1. The molecule has 1 aromatic heterocycles. The maximum absolute atomic E-state index is 11.5. The summed E-state index contributed by atoms with van der Waals surface area (Å²) < 4.78 is 11.0. The summed E-state index contributed by atoms with van der Waals surface area (Å²) in [4.78, 5) is 22.5. The number of hydrogen-bond donors (Lipinski definition) is 0. The zero-order valence-corrected chi connectivity index (χ0v) is 9.01. The summed E-state index contributed by atoms with van der Waals surface area (Å²) in [7, 11) is 1.57. The number of carbonyl (C=O) groups is 1. The van der Waals surface area contributed by atoms with Gasteiger partial charge in [0.05, 0.1) is 11.8 Å². The Labute approximate surface area is 92.9 Å². The Morgan fingerprint density at radius 1 is 1.50 bits per heavy atom. The fraction of sp³-hybridized carbons (Fsp3) is 0.273. The lowest BCUT2D eigenvalue weighted by molar-refractivity contribution is 0.0420. The SMILES string of the molecule is C=COCCOC(=O)c1ccc(=O)n(C)c1. The fourth-order valence-corrected chi connectivity index (χ4v) is 1.06. The topological polar surface area (TPSA) is 57.5 Å². The molecule has 0 radical (unpaired) electrons. The van der Waals surface area contributed by atoms with Gasteiger partial charge in [-0.05, 0) is 6.07 Å². The smallest absolute Gasteiger partial charge is 0.339 e. The Morgan fingerprint density at radius 3 is 2.88 bits per heavy atom. The number of carbonyl (C=O) groups excluding carboxylic acids is 1. The summed E-state index contributed by atoms with van der Waals surface area (Å²) in [5.74, 6) is -0.483. The molecule has 1 rings (SSSR count). The summed E-state index contributed by atoms with van der Waals surface area (Å²) >= 11 is 0. The summed E-state index contributed by atoms with van der Waals surface area (Å²) in [5, 5.41) is 0. The summed E-state index contributed by atoms with van der Waals surface area (Å²) in [6, 6.07) is 2.75. The molecular formula is C11H13NO4. The molecule has 0 spiro atoms. The molecule has 1 aromatic rings. The van der Waals surface area contributed by atoms with Crippen LogP contribution in [0.2, 0.25) is 0 Å². The number of rotatable bonds is 5. The van der Waals surface area contributed by atoms with Crippen LogP contribution in [0.3, 0.4) is 0 Å². The van der Waals surface area contributed by atoms with E-state index in [4.69, 9.17) is 9.47 Å². The molecule has 0 saturated carbocycles. The lowest BCUT2D eigenvalue weighted by Gasteiger charge is -2.05. The third-order valence-corrected chi connectivity index (χ3v) is 1.87. The molecule has 5 heteroatoms. The van der Waals surface area contributed by atoms with E-state index in [1.165, 1.54) is 29.2 Å². The van der Waals surface area contributed by atoms with Crippen LogP contribution >= 0.6 is 0 Å². The second-order valence-electron chi connectivity index (χ2n) is 3.04. The quantitative estimate of drug-likeness (QED) is 0.419. The predicted molar refractivity (Wildman–Crippen MR) is 58.1 cm³/mol. The number of hydrogen-bond acceptors (Lipinski definition) is 4. The molecule has 0 saturated heterocycles. The van der Waals surface area contributed by atoms with Gasteiger partial charge in [0.25, 0.3) is 0 Å². The number of esters is 1. The van der Waals surface area contributed by atoms with Gasteiger partial charge in [-0.3, -0.25) is 4.79 Å². The number of nitrogens with zero attached hydrogens (tertiary/aromatic N) is 1. The van der Waals surface area contributed by atoms with Crippen molar-refractivity contribution in [3.8, 4) is 0 Å². The van der Waals surface area contributed by atoms with Gasteiger partial charge in [-0.1, -0.05) is 6.58 Å². The molecule has 5 nitrogen and oxygen atoms in total. The van der Waals surface area contributed by atoms with Crippen LogP contribution in [0.1, 0.15) is 10.4 Å². The molecule has 1 heterocycles. The van der Waals surface area contributed by atoms with Crippen molar-refractivity contribution in [1.82, 2.24) is 4.57 Å². The van der Waals surface area contributed by atoms with Crippen LogP contribution < -0.4 is 5.56 Å². The van der Waals surface area contributed by atoms with Crippen LogP contribution in [0.5, 0.6) is 0 Å². The van der Waals surface area contributed by atoms with Crippen LogP contribution in [0.15, 0.2) is 36.0 Å². The number of aryl methyl sites for hydroxylation is 1. The Kier molecular flexibility index (Phi) is 4.32. The second kappa shape index (κ2) is 5.75. The average Bonchev–Trinajstić information content (AvgIpc) is 2.28. The van der Waals surface area contributed by atoms with Crippen molar-refractivity contribution >= 4 is 5.97 Å². The molecule has 16 heavy (non-hydrogen) atoms. The normalized spacial score (nSPS) is 9.56. The second-order valence-corrected chi connectivity index (χ2v) is 3.04. The zero-order chi connectivity index (χ0) is 12.0. The molecule has 0 amide bonds. The van der Waals surface area contributed by atoms with Crippen molar-refractivity contribution in [3.05, 3.63) is 47.1 Å². The lowest BCUT2D eigenvalue weighted by Crippen LogP contribution is -2.18. The Bertz CT molecular complexity index is 436. The van der Waals surface area contributed by atoms with E-state index >= 15 is 0 Å². The Morgan fingerprint density at radius 2 is 2.25 bits per heavy atom. The molecule has 0 aliphatic carbocycles. The van der Waals surface area contributed by atoms with Crippen LogP contribution in [-0.4, -0.2) is 23.8 Å². The standard InChI is InChI=1S/C11H13NO4/c1-3-15-6-7-16-11(14)9-4-5-10(13)12(2)8-9/h3-5,8H,1,6-7H2,2H3. The zero-order valence-electron chi connectivity index (χ0n) is 9.01. The number of aromatic nitrogens is 1. The highest BCUT2D eigenvalue weighted by atomic mass is 16.6. The molecule has 0 unspecified atom stereocenters. The first-order chi connectivity index (χ1) is 7.65. The lowest BCUT2D eigenvalue weighted by atomic mass is 10.3. The average molecular weight is 223 g/mol. The fourth-order valence-electron chi connectivity index (χ4n) is 1.06. The van der Waals surface area contributed by atoms with Crippen molar-refractivity contribution in [2.45, 2.75) is 0 Å². The van der Waals surface area contributed by atoms with E-state index in [0.717, 1.165) is 0 Å². The first kappa shape index (κ1) is 12.0. The summed E-state index contributed by atoms with van der Waals surface area (Å²) in [6.07, 6.45) is 2.71. The molecule has 86 valence electrons. The van der Waals surface area contributed by atoms with Gasteiger partial charge in [0.15, 0.2) is 0 Å². The van der Waals surface area contributed by atoms with E-state index in [-0.39, 0.29) is 18.8 Å². The highest BCUT2D eigenvalue weighted by molar-refractivity contribution is 5.88. The van der Waals surface area contributed by atoms with Gasteiger partial charge >= 0.3 is 5.97 Å². The van der Waals surface area contributed by atoms with Crippen molar-refractivity contribution in [2.75, 3.05) is 13.2 Å². The van der Waals surface area contributed by atoms with Gasteiger partial charge in [0, 0.05) is 19.3 Å². The predicted octanol–water partition coefficient (Wildman–Crippen LogP) is 0.702. The van der Waals surface area contributed by atoms with E-state index < -0.39 is 5.97 Å². The van der Waals surface area contributed by atoms with Crippen LogP contribution in [0.25, 0.3) is 0 Å². The molecule has 0 atom stereocenters. The third-order valence-electron chi connectivity index (χ3n) is 1.87. The first-order valence-electron chi connectivity index (χ1n) is 4.71. The van der Waals surface area contributed by atoms with E-state index in [1.807, 2.05) is 0 Å². The van der Waals surface area contributed by atoms with Gasteiger partial charge in [0.1, 0.15) is 13.2 Å². The first-order valence-corrected chi connectivity index (χ1v) is 4.71. The van der Waals surface area contributed by atoms with Gasteiger partial charge in [0.2, 0.25) is 5.56 Å². The minimum absolute atomic E-state index is 0.147. The number of ether oxygens (including phenoxy) is 2. The molecule has 0 N–H and O–H groups in total. The molecule has 0 aliphatic heterocycles. The van der Waals surface area contributed by atoms with Crippen molar-refractivity contribution < 1.29 is 14.3 Å². The molecule has 0 bridgehead atoms. The minimum Gasteiger partial charge on any atom is -0.498 e. The van der Waals surface area contributed by atoms with Crippen molar-refractivity contribution in [1.29, 1.82) is 0 Å². The Balaban J connectivity index is 2.56. The van der Waals surface area contributed by atoms with E-state index in [2.05, 4.69) is 6.58 Å². The van der Waals surface area contributed by atoms with Gasteiger partial charge < -0.3 is 14.0 Å². The van der Waals surface area contributed by atoms with Crippen LogP contribution in [0.4, 0.5) is 0 Å². The summed E-state index contributed by atoms with van der Waals surface area (Å²) in [6.45, 7) is 3.77. The van der Waals surface area contributed by atoms with Gasteiger partial charge in [-0.15, -0.1) is 0 Å². The van der Waals surface area contributed by atoms with Crippen molar-refractivity contribution in [2.24, 2.45) is 7.05 Å². The molecular weight excluding hydrogens is 210 g/mol. The van der Waals surface area contributed by atoms with E-state index in [9.17, 15) is 9.59 Å². The van der Waals surface area contributed by atoms with Crippen LogP contribution in [-0.2, 0) is 16.5 Å². The molecule has 0 fully saturated rings. The van der Waals surface area contributed by atoms with Crippen molar-refractivity contribution in [3.63, 3.8) is 0 Å². The molecule has 0 aliphatic rings. The maximum atomic E-state index is 11.5. The molecule has 0 aromatic carbocycles.